The molecule has 0 N–H and O–H groups in total. The number of imidazole rings is 1. The fraction of sp³-hybridized carbons (Fsp3) is 0.409. The lowest BCUT2D eigenvalue weighted by Crippen LogP contribution is -2.03. The van der Waals surface area contributed by atoms with Crippen molar-refractivity contribution < 1.29 is 4.74 Å². The lowest BCUT2D eigenvalue weighted by atomic mass is 9.89. The first-order valence-electron chi connectivity index (χ1n) is 9.55. The number of aryl methyl sites for hydroxylation is 2. The molecule has 0 saturated heterocycles. The second-order valence-electron chi connectivity index (χ2n) is 7.10. The predicted molar refractivity (Wildman–Crippen MR) is 115 cm³/mol. The average Bonchev–Trinajstić information content (AvgIpc) is 2.96. The number of benzene rings is 2. The molecule has 0 atom stereocenters. The van der Waals surface area contributed by atoms with Crippen LogP contribution < -0.4 is 4.74 Å². The van der Waals surface area contributed by atoms with E-state index >= 15 is 0 Å². The zero-order valence-electron chi connectivity index (χ0n) is 16.4. The molecule has 2 aromatic carbocycles. The van der Waals surface area contributed by atoms with E-state index in [-0.39, 0.29) is 0 Å². The van der Waals surface area contributed by atoms with Crippen LogP contribution in [0.4, 0.5) is 0 Å². The van der Waals surface area contributed by atoms with Gasteiger partial charge in [-0.3, -0.25) is 4.57 Å². The first-order chi connectivity index (χ1) is 13.0. The summed E-state index contributed by atoms with van der Waals surface area (Å²) in [6.45, 7) is 6.46. The van der Waals surface area contributed by atoms with Crippen molar-refractivity contribution in [3.63, 3.8) is 0 Å². The summed E-state index contributed by atoms with van der Waals surface area (Å²) < 4.78 is 8.04. The fourth-order valence-corrected chi connectivity index (χ4v) is 4.12. The van der Waals surface area contributed by atoms with Crippen LogP contribution in [0.15, 0.2) is 30.3 Å². The SMILES string of the molecule is CCCC(CCC)c1ccc(Cl)c2nc(Oc3ccc(C)cc3Cl)n(C)c12. The van der Waals surface area contributed by atoms with E-state index in [1.165, 1.54) is 5.56 Å². The highest BCUT2D eigenvalue weighted by molar-refractivity contribution is 6.35. The number of nitrogens with zero attached hydrogens (tertiary/aromatic N) is 2. The molecule has 0 saturated carbocycles. The smallest absolute Gasteiger partial charge is 0.302 e. The summed E-state index contributed by atoms with van der Waals surface area (Å²) in [5, 5.41) is 1.21. The number of halogens is 2. The molecule has 0 spiro atoms. The Bertz CT molecular complexity index is 943. The van der Waals surface area contributed by atoms with Gasteiger partial charge in [-0.05, 0) is 55.0 Å². The van der Waals surface area contributed by atoms with Crippen LogP contribution in [-0.4, -0.2) is 9.55 Å². The van der Waals surface area contributed by atoms with Crippen molar-refractivity contribution in [2.75, 3.05) is 0 Å². The molecule has 1 heterocycles. The Balaban J connectivity index is 2.10. The van der Waals surface area contributed by atoms with Gasteiger partial charge in [0.1, 0.15) is 11.3 Å². The summed E-state index contributed by atoms with van der Waals surface area (Å²) in [5.74, 6) is 1.09. The van der Waals surface area contributed by atoms with E-state index in [2.05, 4.69) is 24.9 Å². The van der Waals surface area contributed by atoms with Crippen LogP contribution in [-0.2, 0) is 7.05 Å². The third kappa shape index (κ3) is 4.09. The molecule has 0 aliphatic carbocycles. The van der Waals surface area contributed by atoms with Crippen LogP contribution in [0.25, 0.3) is 11.0 Å². The Hall–Kier alpha value is -1.71. The number of rotatable bonds is 7. The third-order valence-corrected chi connectivity index (χ3v) is 5.57. The second kappa shape index (κ2) is 8.53. The van der Waals surface area contributed by atoms with E-state index in [4.69, 9.17) is 27.9 Å². The topological polar surface area (TPSA) is 27.1 Å². The van der Waals surface area contributed by atoms with Crippen molar-refractivity contribution in [3.05, 3.63) is 51.5 Å². The molecule has 0 fully saturated rings. The largest absolute Gasteiger partial charge is 0.424 e. The van der Waals surface area contributed by atoms with Crippen molar-refractivity contribution in [3.8, 4) is 11.8 Å². The van der Waals surface area contributed by atoms with Gasteiger partial charge in [0.25, 0.3) is 0 Å². The Morgan fingerprint density at radius 2 is 1.74 bits per heavy atom. The van der Waals surface area contributed by atoms with Gasteiger partial charge >= 0.3 is 6.01 Å². The first-order valence-corrected chi connectivity index (χ1v) is 10.3. The van der Waals surface area contributed by atoms with Crippen LogP contribution in [0.2, 0.25) is 10.0 Å². The van der Waals surface area contributed by atoms with E-state index in [1.807, 2.05) is 42.8 Å². The summed E-state index contributed by atoms with van der Waals surface area (Å²) >= 11 is 12.8. The molecule has 0 amide bonds. The molecule has 5 heteroatoms. The molecule has 144 valence electrons. The Morgan fingerprint density at radius 3 is 2.37 bits per heavy atom. The minimum Gasteiger partial charge on any atom is -0.424 e. The van der Waals surface area contributed by atoms with Crippen molar-refractivity contribution >= 4 is 34.2 Å². The lowest BCUT2D eigenvalue weighted by Gasteiger charge is -2.18. The molecule has 0 bridgehead atoms. The van der Waals surface area contributed by atoms with Crippen LogP contribution in [0.3, 0.4) is 0 Å². The lowest BCUT2D eigenvalue weighted by molar-refractivity contribution is 0.427. The van der Waals surface area contributed by atoms with Gasteiger partial charge < -0.3 is 4.74 Å². The van der Waals surface area contributed by atoms with Crippen LogP contribution >= 0.6 is 23.2 Å². The zero-order valence-corrected chi connectivity index (χ0v) is 17.9. The molecule has 1 aromatic heterocycles. The quantitative estimate of drug-likeness (QED) is 0.403. The maximum absolute atomic E-state index is 6.47. The van der Waals surface area contributed by atoms with Gasteiger partial charge in [-0.25, -0.2) is 0 Å². The molecule has 0 radical (unpaired) electrons. The minimum atomic E-state index is 0.492. The Morgan fingerprint density at radius 1 is 1.04 bits per heavy atom. The standard InChI is InChI=1S/C22H26Cl2N2O/c1-5-7-15(8-6-2)16-10-11-17(23)20-21(16)26(4)22(25-20)27-19-12-9-14(3)13-18(19)24/h9-13,15H,5-8H2,1-4H3. The molecule has 3 rings (SSSR count). The highest BCUT2D eigenvalue weighted by atomic mass is 35.5. The van der Waals surface area contributed by atoms with Gasteiger partial charge in [-0.1, -0.05) is 62.0 Å². The molecule has 3 nitrogen and oxygen atoms in total. The molecule has 0 aliphatic heterocycles. The van der Waals surface area contributed by atoms with Gasteiger partial charge in [0.15, 0.2) is 0 Å². The van der Waals surface area contributed by atoms with Crippen molar-refractivity contribution in [1.82, 2.24) is 9.55 Å². The van der Waals surface area contributed by atoms with Gasteiger partial charge in [0.2, 0.25) is 0 Å². The number of fused-ring (bicyclic) bond motifs is 1. The minimum absolute atomic E-state index is 0.492. The van der Waals surface area contributed by atoms with Crippen molar-refractivity contribution in [2.45, 2.75) is 52.4 Å². The summed E-state index contributed by atoms with van der Waals surface area (Å²) in [5.41, 5.74) is 4.21. The third-order valence-electron chi connectivity index (χ3n) is 4.97. The van der Waals surface area contributed by atoms with Crippen LogP contribution in [0.5, 0.6) is 11.8 Å². The van der Waals surface area contributed by atoms with Gasteiger partial charge in [-0.15, -0.1) is 0 Å². The monoisotopic (exact) mass is 404 g/mol. The molecular formula is C22H26Cl2N2O. The van der Waals surface area contributed by atoms with Crippen LogP contribution in [0.1, 0.15) is 56.6 Å². The predicted octanol–water partition coefficient (Wildman–Crippen LogP) is 7.66. The average molecular weight is 405 g/mol. The normalized spacial score (nSPS) is 11.5. The molecule has 0 aliphatic rings. The maximum atomic E-state index is 6.47. The highest BCUT2D eigenvalue weighted by Gasteiger charge is 2.21. The number of hydrogen-bond donors (Lipinski definition) is 0. The highest BCUT2D eigenvalue weighted by Crippen LogP contribution is 2.38. The van der Waals surface area contributed by atoms with E-state index in [1.54, 1.807) is 0 Å². The fourth-order valence-electron chi connectivity index (χ4n) is 3.66. The van der Waals surface area contributed by atoms with E-state index in [9.17, 15) is 0 Å². The number of hydrogen-bond acceptors (Lipinski definition) is 2. The maximum Gasteiger partial charge on any atom is 0.302 e. The summed E-state index contributed by atoms with van der Waals surface area (Å²) in [4.78, 5) is 4.68. The van der Waals surface area contributed by atoms with Gasteiger partial charge in [0, 0.05) is 7.05 Å². The summed E-state index contributed by atoms with van der Waals surface area (Å²) in [6.07, 6.45) is 4.59. The van der Waals surface area contributed by atoms with Gasteiger partial charge in [0.05, 0.1) is 15.6 Å². The Kier molecular flexibility index (Phi) is 6.33. The first kappa shape index (κ1) is 20.0. The number of aromatic nitrogens is 2. The molecule has 0 unspecified atom stereocenters. The van der Waals surface area contributed by atoms with Crippen molar-refractivity contribution in [2.24, 2.45) is 7.05 Å². The van der Waals surface area contributed by atoms with Crippen molar-refractivity contribution in [1.29, 1.82) is 0 Å². The summed E-state index contributed by atoms with van der Waals surface area (Å²) in [7, 11) is 1.97. The zero-order chi connectivity index (χ0) is 19.6. The second-order valence-corrected chi connectivity index (χ2v) is 7.91. The molecule has 3 aromatic rings. The van der Waals surface area contributed by atoms with Gasteiger partial charge in [-0.2, -0.15) is 4.98 Å². The molecule has 27 heavy (non-hydrogen) atoms. The van der Waals surface area contributed by atoms with E-state index in [0.717, 1.165) is 42.3 Å². The van der Waals surface area contributed by atoms with E-state index < -0.39 is 0 Å². The number of ether oxygens (including phenoxy) is 1. The summed E-state index contributed by atoms with van der Waals surface area (Å²) in [6, 6.07) is 10.3. The Labute approximate surface area is 171 Å². The molecular weight excluding hydrogens is 379 g/mol. The van der Waals surface area contributed by atoms with Crippen LogP contribution in [0, 0.1) is 6.92 Å². The van der Waals surface area contributed by atoms with E-state index in [0.29, 0.717) is 27.7 Å².